The number of anilines is 1. The molecule has 0 atom stereocenters. The molecule has 2 aromatic heterocycles. The summed E-state index contributed by atoms with van der Waals surface area (Å²) in [5, 5.41) is 8.30. The average Bonchev–Trinajstić information content (AvgIpc) is 2.77. The van der Waals surface area contributed by atoms with E-state index in [2.05, 4.69) is 30.3 Å². The number of fused-ring (bicyclic) bond motifs is 1. The van der Waals surface area contributed by atoms with Crippen LogP contribution in [0.3, 0.4) is 0 Å². The molecule has 2 heterocycles. The lowest BCUT2D eigenvalue weighted by Crippen LogP contribution is -2.33. The van der Waals surface area contributed by atoms with Crippen LogP contribution in [0.5, 0.6) is 0 Å². The van der Waals surface area contributed by atoms with E-state index in [-0.39, 0.29) is 0 Å². The van der Waals surface area contributed by atoms with E-state index in [1.54, 1.807) is 0 Å². The van der Waals surface area contributed by atoms with Crippen LogP contribution in [0.1, 0.15) is 49.6 Å². The third-order valence-electron chi connectivity index (χ3n) is 4.60. The molecule has 0 unspecified atom stereocenters. The fourth-order valence-electron chi connectivity index (χ4n) is 3.04. The molecule has 1 aliphatic carbocycles. The molecule has 3 rings (SSSR count). The summed E-state index contributed by atoms with van der Waals surface area (Å²) >= 11 is 0. The van der Waals surface area contributed by atoms with Crippen LogP contribution in [-0.4, -0.2) is 26.7 Å². The lowest BCUT2D eigenvalue weighted by Gasteiger charge is -2.27. The van der Waals surface area contributed by atoms with E-state index in [1.807, 2.05) is 11.4 Å². The Bertz CT molecular complexity index is 638. The van der Waals surface area contributed by atoms with Crippen molar-refractivity contribution in [1.82, 2.24) is 14.6 Å². The van der Waals surface area contributed by atoms with Crippen LogP contribution in [0.25, 0.3) is 5.65 Å². The minimum atomic E-state index is 0.376. The summed E-state index contributed by atoms with van der Waals surface area (Å²) in [7, 11) is 0. The Labute approximate surface area is 125 Å². The van der Waals surface area contributed by atoms with Crippen molar-refractivity contribution in [2.24, 2.45) is 5.73 Å². The molecule has 21 heavy (non-hydrogen) atoms. The first-order valence-corrected chi connectivity index (χ1v) is 7.96. The number of rotatable bonds is 3. The first kappa shape index (κ1) is 14.3. The maximum atomic E-state index is 5.99. The van der Waals surface area contributed by atoms with Gasteiger partial charge in [0.15, 0.2) is 5.65 Å². The molecule has 0 aliphatic heterocycles. The van der Waals surface area contributed by atoms with E-state index in [9.17, 15) is 0 Å². The number of aryl methyl sites for hydroxylation is 3. The zero-order chi connectivity index (χ0) is 15.0. The van der Waals surface area contributed by atoms with Crippen LogP contribution in [0, 0.1) is 13.8 Å². The van der Waals surface area contributed by atoms with E-state index in [1.165, 1.54) is 5.56 Å². The highest BCUT2D eigenvalue weighted by Crippen LogP contribution is 2.24. The number of hydrogen-bond acceptors (Lipinski definition) is 4. The van der Waals surface area contributed by atoms with Crippen molar-refractivity contribution in [3.63, 3.8) is 0 Å². The van der Waals surface area contributed by atoms with E-state index in [0.717, 1.165) is 55.0 Å². The molecular formula is C16H25N5. The Hall–Kier alpha value is -1.62. The molecular weight excluding hydrogens is 262 g/mol. The molecule has 1 fully saturated rings. The van der Waals surface area contributed by atoms with Gasteiger partial charge < -0.3 is 11.1 Å². The summed E-state index contributed by atoms with van der Waals surface area (Å²) in [6.07, 6.45) is 5.40. The molecule has 5 nitrogen and oxygen atoms in total. The van der Waals surface area contributed by atoms with Gasteiger partial charge in [-0.15, -0.1) is 0 Å². The van der Waals surface area contributed by atoms with Gasteiger partial charge in [-0.1, -0.05) is 6.92 Å². The topological polar surface area (TPSA) is 68.2 Å². The predicted molar refractivity (Wildman–Crippen MR) is 85.7 cm³/mol. The number of nitrogens with zero attached hydrogens (tertiary/aromatic N) is 3. The Kier molecular flexibility index (Phi) is 3.85. The molecule has 1 aliphatic rings. The van der Waals surface area contributed by atoms with Crippen LogP contribution < -0.4 is 11.1 Å². The van der Waals surface area contributed by atoms with E-state index < -0.39 is 0 Å². The third-order valence-corrected chi connectivity index (χ3v) is 4.60. The minimum absolute atomic E-state index is 0.376. The van der Waals surface area contributed by atoms with E-state index in [4.69, 9.17) is 10.7 Å². The fraction of sp³-hybridized carbons (Fsp3) is 0.625. The van der Waals surface area contributed by atoms with Gasteiger partial charge in [0.25, 0.3) is 0 Å². The standard InChI is InChI=1S/C16H25N5/c1-4-13-9-15(18-14-7-5-12(17)6-8-14)21-16(19-13)10(2)11(3)20-21/h9,12,14,18H,4-8,17H2,1-3H3. The molecule has 1 saturated carbocycles. The van der Waals surface area contributed by atoms with Crippen molar-refractivity contribution >= 4 is 11.5 Å². The Balaban J connectivity index is 1.95. The van der Waals surface area contributed by atoms with Gasteiger partial charge in [-0.2, -0.15) is 9.61 Å². The molecule has 0 radical (unpaired) electrons. The number of aromatic nitrogens is 3. The smallest absolute Gasteiger partial charge is 0.160 e. The quantitative estimate of drug-likeness (QED) is 0.910. The molecule has 0 amide bonds. The molecule has 0 saturated heterocycles. The maximum Gasteiger partial charge on any atom is 0.160 e. The molecule has 114 valence electrons. The fourth-order valence-corrected chi connectivity index (χ4v) is 3.04. The predicted octanol–water partition coefficient (Wildman–Crippen LogP) is 2.59. The van der Waals surface area contributed by atoms with E-state index in [0.29, 0.717) is 12.1 Å². The van der Waals surface area contributed by atoms with Crippen molar-refractivity contribution in [1.29, 1.82) is 0 Å². The molecule has 3 N–H and O–H groups in total. The van der Waals surface area contributed by atoms with Gasteiger partial charge in [-0.05, 0) is 46.0 Å². The Morgan fingerprint density at radius 2 is 2.00 bits per heavy atom. The number of hydrogen-bond donors (Lipinski definition) is 2. The summed E-state index contributed by atoms with van der Waals surface area (Å²) < 4.78 is 1.96. The van der Waals surface area contributed by atoms with Crippen LogP contribution >= 0.6 is 0 Å². The summed E-state index contributed by atoms with van der Waals surface area (Å²) in [5.41, 5.74) is 10.3. The second-order valence-corrected chi connectivity index (χ2v) is 6.19. The molecule has 2 aromatic rings. The maximum absolute atomic E-state index is 5.99. The van der Waals surface area contributed by atoms with Gasteiger partial charge in [0.05, 0.1) is 5.69 Å². The SMILES string of the molecule is CCc1cc(NC2CCC(N)CC2)n2nc(C)c(C)c2n1. The average molecular weight is 287 g/mol. The molecule has 0 aromatic carbocycles. The third kappa shape index (κ3) is 2.75. The summed E-state index contributed by atoms with van der Waals surface area (Å²) in [5.74, 6) is 1.06. The lowest BCUT2D eigenvalue weighted by atomic mass is 9.92. The largest absolute Gasteiger partial charge is 0.367 e. The summed E-state index contributed by atoms with van der Waals surface area (Å²) in [4.78, 5) is 4.72. The monoisotopic (exact) mass is 287 g/mol. The van der Waals surface area contributed by atoms with Gasteiger partial charge >= 0.3 is 0 Å². The first-order chi connectivity index (χ1) is 10.1. The van der Waals surface area contributed by atoms with Crippen molar-refractivity contribution in [3.05, 3.63) is 23.0 Å². The Morgan fingerprint density at radius 3 is 2.67 bits per heavy atom. The van der Waals surface area contributed by atoms with Crippen LogP contribution in [0.4, 0.5) is 5.82 Å². The zero-order valence-electron chi connectivity index (χ0n) is 13.2. The van der Waals surface area contributed by atoms with Crippen LogP contribution in [0.15, 0.2) is 6.07 Å². The highest BCUT2D eigenvalue weighted by molar-refractivity contribution is 5.56. The van der Waals surface area contributed by atoms with Gasteiger partial charge in [0, 0.05) is 29.4 Å². The second kappa shape index (κ2) is 5.64. The van der Waals surface area contributed by atoms with Crippen molar-refractivity contribution < 1.29 is 0 Å². The normalized spacial score (nSPS) is 22.7. The molecule has 5 heteroatoms. The summed E-state index contributed by atoms with van der Waals surface area (Å²) in [6.45, 7) is 6.27. The first-order valence-electron chi connectivity index (χ1n) is 7.96. The molecule has 0 bridgehead atoms. The highest BCUT2D eigenvalue weighted by Gasteiger charge is 2.20. The van der Waals surface area contributed by atoms with Crippen molar-refractivity contribution in [2.45, 2.75) is 65.0 Å². The van der Waals surface area contributed by atoms with Gasteiger partial charge in [0.2, 0.25) is 0 Å². The summed E-state index contributed by atoms with van der Waals surface area (Å²) in [6, 6.07) is 3.00. The zero-order valence-corrected chi connectivity index (χ0v) is 13.2. The van der Waals surface area contributed by atoms with Crippen molar-refractivity contribution in [3.8, 4) is 0 Å². The lowest BCUT2D eigenvalue weighted by molar-refractivity contribution is 0.410. The second-order valence-electron chi connectivity index (χ2n) is 6.19. The number of nitrogens with one attached hydrogen (secondary N) is 1. The minimum Gasteiger partial charge on any atom is -0.367 e. The van der Waals surface area contributed by atoms with Crippen LogP contribution in [0.2, 0.25) is 0 Å². The number of nitrogens with two attached hydrogens (primary N) is 1. The molecule has 0 spiro atoms. The van der Waals surface area contributed by atoms with E-state index >= 15 is 0 Å². The van der Waals surface area contributed by atoms with Crippen LogP contribution in [-0.2, 0) is 6.42 Å². The highest BCUT2D eigenvalue weighted by atomic mass is 15.3. The van der Waals surface area contributed by atoms with Gasteiger partial charge in [-0.3, -0.25) is 0 Å². The van der Waals surface area contributed by atoms with Gasteiger partial charge in [0.1, 0.15) is 5.82 Å². The van der Waals surface area contributed by atoms with Gasteiger partial charge in [-0.25, -0.2) is 4.98 Å². The van der Waals surface area contributed by atoms with Crippen molar-refractivity contribution in [2.75, 3.05) is 5.32 Å². The Morgan fingerprint density at radius 1 is 1.29 bits per heavy atom.